The highest BCUT2D eigenvalue weighted by molar-refractivity contribution is 4.99. The maximum Gasteiger partial charge on any atom is 0.211 e. The number of hydrogen-bond donors (Lipinski definition) is 1. The van der Waals surface area contributed by atoms with Gasteiger partial charge < -0.3 is 9.73 Å². The van der Waals surface area contributed by atoms with Gasteiger partial charge in [-0.15, -0.1) is 0 Å². The van der Waals surface area contributed by atoms with Gasteiger partial charge in [-0.25, -0.2) is 4.98 Å². The van der Waals surface area contributed by atoms with Crippen LogP contribution in [0.25, 0.3) is 0 Å². The number of hydrogen-bond acceptors (Lipinski definition) is 3. The molecule has 0 bridgehead atoms. The first kappa shape index (κ1) is 7.80. The second kappa shape index (κ2) is 3.27. The second-order valence-corrected chi connectivity index (χ2v) is 3.17. The molecule has 3 heteroatoms. The van der Waals surface area contributed by atoms with E-state index in [1.54, 1.807) is 0 Å². The SMILES string of the molecule is CCc1cnc(C2CCCN2)o1. The average Bonchev–Trinajstić information content (AvgIpc) is 2.75. The van der Waals surface area contributed by atoms with Gasteiger partial charge in [-0.3, -0.25) is 0 Å². The van der Waals surface area contributed by atoms with Gasteiger partial charge in [-0.05, 0) is 19.4 Å². The molecule has 1 fully saturated rings. The first-order chi connectivity index (χ1) is 5.90. The third kappa shape index (κ3) is 1.37. The van der Waals surface area contributed by atoms with E-state index >= 15 is 0 Å². The highest BCUT2D eigenvalue weighted by Gasteiger charge is 2.20. The lowest BCUT2D eigenvalue weighted by molar-refractivity contribution is 0.407. The van der Waals surface area contributed by atoms with E-state index in [0.717, 1.165) is 31.0 Å². The maximum absolute atomic E-state index is 5.54. The first-order valence-corrected chi connectivity index (χ1v) is 4.58. The van der Waals surface area contributed by atoms with Crippen LogP contribution < -0.4 is 5.32 Å². The van der Waals surface area contributed by atoms with Crippen molar-refractivity contribution in [1.82, 2.24) is 10.3 Å². The number of nitrogens with zero attached hydrogens (tertiary/aromatic N) is 1. The average molecular weight is 166 g/mol. The Morgan fingerprint density at radius 1 is 1.75 bits per heavy atom. The van der Waals surface area contributed by atoms with Crippen LogP contribution in [0.4, 0.5) is 0 Å². The van der Waals surface area contributed by atoms with E-state index < -0.39 is 0 Å². The Bertz CT molecular complexity index is 251. The fourth-order valence-corrected chi connectivity index (χ4v) is 1.54. The van der Waals surface area contributed by atoms with E-state index in [-0.39, 0.29) is 0 Å². The molecule has 0 saturated carbocycles. The fraction of sp³-hybridized carbons (Fsp3) is 0.667. The zero-order chi connectivity index (χ0) is 8.39. The van der Waals surface area contributed by atoms with Crippen LogP contribution in [0.3, 0.4) is 0 Å². The minimum absolute atomic E-state index is 0.366. The molecule has 2 rings (SSSR count). The molecule has 1 aliphatic rings. The summed E-state index contributed by atoms with van der Waals surface area (Å²) in [5.74, 6) is 1.85. The molecule has 2 heterocycles. The molecule has 1 aliphatic heterocycles. The van der Waals surface area contributed by atoms with Crippen LogP contribution in [0, 0.1) is 0 Å². The zero-order valence-corrected chi connectivity index (χ0v) is 7.34. The minimum Gasteiger partial charge on any atom is -0.444 e. The van der Waals surface area contributed by atoms with Crippen LogP contribution in [-0.4, -0.2) is 11.5 Å². The van der Waals surface area contributed by atoms with Crippen molar-refractivity contribution in [1.29, 1.82) is 0 Å². The normalized spacial score (nSPS) is 23.2. The van der Waals surface area contributed by atoms with Gasteiger partial charge in [0.05, 0.1) is 12.2 Å². The van der Waals surface area contributed by atoms with Crippen molar-refractivity contribution in [2.24, 2.45) is 0 Å². The van der Waals surface area contributed by atoms with E-state index in [1.807, 2.05) is 6.20 Å². The summed E-state index contributed by atoms with van der Waals surface area (Å²) in [4.78, 5) is 4.24. The van der Waals surface area contributed by atoms with Crippen LogP contribution in [-0.2, 0) is 6.42 Å². The molecule has 0 aliphatic carbocycles. The molecule has 66 valence electrons. The molecule has 0 spiro atoms. The van der Waals surface area contributed by atoms with E-state index in [9.17, 15) is 0 Å². The van der Waals surface area contributed by atoms with Crippen LogP contribution >= 0.6 is 0 Å². The number of aromatic nitrogens is 1. The van der Waals surface area contributed by atoms with Crippen molar-refractivity contribution in [2.45, 2.75) is 32.2 Å². The minimum atomic E-state index is 0.366. The van der Waals surface area contributed by atoms with Gasteiger partial charge in [0.25, 0.3) is 0 Å². The lowest BCUT2D eigenvalue weighted by Gasteiger charge is -2.02. The van der Waals surface area contributed by atoms with Gasteiger partial charge in [0.15, 0.2) is 0 Å². The zero-order valence-electron chi connectivity index (χ0n) is 7.34. The summed E-state index contributed by atoms with van der Waals surface area (Å²) in [6.07, 6.45) is 5.15. The van der Waals surface area contributed by atoms with Gasteiger partial charge in [0.2, 0.25) is 5.89 Å². The van der Waals surface area contributed by atoms with E-state index in [2.05, 4.69) is 17.2 Å². The van der Waals surface area contributed by atoms with Crippen LogP contribution in [0.1, 0.15) is 37.5 Å². The van der Waals surface area contributed by atoms with Gasteiger partial charge >= 0.3 is 0 Å². The smallest absolute Gasteiger partial charge is 0.211 e. The molecule has 3 nitrogen and oxygen atoms in total. The summed E-state index contributed by atoms with van der Waals surface area (Å²) < 4.78 is 5.54. The first-order valence-electron chi connectivity index (χ1n) is 4.58. The number of oxazole rings is 1. The third-order valence-corrected chi connectivity index (χ3v) is 2.28. The van der Waals surface area contributed by atoms with Crippen LogP contribution in [0.15, 0.2) is 10.6 Å². The second-order valence-electron chi connectivity index (χ2n) is 3.17. The topological polar surface area (TPSA) is 38.1 Å². The lowest BCUT2D eigenvalue weighted by atomic mass is 10.2. The lowest BCUT2D eigenvalue weighted by Crippen LogP contribution is -2.12. The summed E-state index contributed by atoms with van der Waals surface area (Å²) in [5, 5.41) is 3.35. The standard InChI is InChI=1S/C9H14N2O/c1-2-7-6-11-9(12-7)8-4-3-5-10-8/h6,8,10H,2-5H2,1H3. The number of aryl methyl sites for hydroxylation is 1. The summed E-state index contributed by atoms with van der Waals surface area (Å²) >= 11 is 0. The van der Waals surface area contributed by atoms with Crippen molar-refractivity contribution in [2.75, 3.05) is 6.54 Å². The Hall–Kier alpha value is -0.830. The largest absolute Gasteiger partial charge is 0.444 e. The molecule has 1 atom stereocenters. The van der Waals surface area contributed by atoms with Gasteiger partial charge in [-0.2, -0.15) is 0 Å². The Kier molecular flexibility index (Phi) is 2.13. The molecule has 0 amide bonds. The predicted octanol–water partition coefficient (Wildman–Crippen LogP) is 1.66. The van der Waals surface area contributed by atoms with Crippen LogP contribution in [0.5, 0.6) is 0 Å². The molecule has 1 aromatic heterocycles. The number of nitrogens with one attached hydrogen (secondary N) is 1. The Morgan fingerprint density at radius 2 is 2.67 bits per heavy atom. The monoisotopic (exact) mass is 166 g/mol. The van der Waals surface area contributed by atoms with Crippen molar-refractivity contribution in [3.8, 4) is 0 Å². The molecule has 1 unspecified atom stereocenters. The fourth-order valence-electron chi connectivity index (χ4n) is 1.54. The Morgan fingerprint density at radius 3 is 3.25 bits per heavy atom. The molecule has 1 saturated heterocycles. The maximum atomic E-state index is 5.54. The molecule has 1 aromatic rings. The van der Waals surface area contributed by atoms with Crippen molar-refractivity contribution >= 4 is 0 Å². The van der Waals surface area contributed by atoms with Crippen molar-refractivity contribution in [3.05, 3.63) is 17.8 Å². The summed E-state index contributed by atoms with van der Waals surface area (Å²) in [5.41, 5.74) is 0. The third-order valence-electron chi connectivity index (χ3n) is 2.28. The van der Waals surface area contributed by atoms with E-state index in [0.29, 0.717) is 6.04 Å². The van der Waals surface area contributed by atoms with Gasteiger partial charge in [0.1, 0.15) is 5.76 Å². The summed E-state index contributed by atoms with van der Waals surface area (Å²) in [6.45, 7) is 3.17. The van der Waals surface area contributed by atoms with E-state index in [4.69, 9.17) is 4.42 Å². The van der Waals surface area contributed by atoms with Gasteiger partial charge in [-0.1, -0.05) is 6.92 Å². The highest BCUT2D eigenvalue weighted by Crippen LogP contribution is 2.22. The molecule has 0 radical (unpaired) electrons. The van der Waals surface area contributed by atoms with Gasteiger partial charge in [0, 0.05) is 6.42 Å². The summed E-state index contributed by atoms with van der Waals surface area (Å²) in [6, 6.07) is 0.366. The van der Waals surface area contributed by atoms with Crippen molar-refractivity contribution in [3.63, 3.8) is 0 Å². The quantitative estimate of drug-likeness (QED) is 0.726. The highest BCUT2D eigenvalue weighted by atomic mass is 16.4. The van der Waals surface area contributed by atoms with Crippen molar-refractivity contribution < 1.29 is 4.42 Å². The molecular weight excluding hydrogens is 152 g/mol. The summed E-state index contributed by atoms with van der Waals surface area (Å²) in [7, 11) is 0. The van der Waals surface area contributed by atoms with E-state index in [1.165, 1.54) is 6.42 Å². The molecule has 12 heavy (non-hydrogen) atoms. The molecule has 1 N–H and O–H groups in total. The number of rotatable bonds is 2. The molecular formula is C9H14N2O. The molecule has 0 aromatic carbocycles. The van der Waals surface area contributed by atoms with Crippen LogP contribution in [0.2, 0.25) is 0 Å². The Labute approximate surface area is 72.2 Å². The Balaban J connectivity index is 2.11. The predicted molar refractivity (Wildman–Crippen MR) is 45.9 cm³/mol.